The third-order valence-corrected chi connectivity index (χ3v) is 4.66. The second kappa shape index (κ2) is 6.42. The molecule has 1 unspecified atom stereocenters. The Balaban J connectivity index is 2.13. The number of hydrogen-bond donors (Lipinski definition) is 1. The molecule has 0 saturated heterocycles. The van der Waals surface area contributed by atoms with Crippen molar-refractivity contribution in [1.82, 2.24) is 0 Å². The van der Waals surface area contributed by atoms with Crippen molar-refractivity contribution in [2.75, 3.05) is 5.75 Å². The first kappa shape index (κ1) is 15.1. The molecule has 0 amide bonds. The van der Waals surface area contributed by atoms with Crippen LogP contribution in [0.5, 0.6) is 0 Å². The summed E-state index contributed by atoms with van der Waals surface area (Å²) in [7, 11) is 0. The van der Waals surface area contributed by atoms with Crippen LogP contribution in [0.1, 0.15) is 28.3 Å². The molecule has 2 aromatic carbocycles. The van der Waals surface area contributed by atoms with Gasteiger partial charge < -0.3 is 5.73 Å². The maximum atomic E-state index is 14.1. The van der Waals surface area contributed by atoms with E-state index >= 15 is 0 Å². The standard InChI is InChI=1S/C17H20FNS/c1-11-8-13(3)17(14(18)9-11)15(19)10-20-16-7-5-4-6-12(16)2/h4-9,15H,10,19H2,1-3H3. The van der Waals surface area contributed by atoms with Gasteiger partial charge in [0.2, 0.25) is 0 Å². The van der Waals surface area contributed by atoms with E-state index in [2.05, 4.69) is 19.1 Å². The number of thioether (sulfide) groups is 1. The number of halogens is 1. The van der Waals surface area contributed by atoms with E-state index in [4.69, 9.17) is 5.73 Å². The van der Waals surface area contributed by atoms with Crippen LogP contribution in [-0.4, -0.2) is 5.75 Å². The van der Waals surface area contributed by atoms with E-state index in [1.54, 1.807) is 17.8 Å². The number of aryl methyl sites for hydroxylation is 3. The van der Waals surface area contributed by atoms with Crippen LogP contribution >= 0.6 is 11.8 Å². The highest BCUT2D eigenvalue weighted by molar-refractivity contribution is 7.99. The molecule has 0 aliphatic carbocycles. The van der Waals surface area contributed by atoms with Gasteiger partial charge >= 0.3 is 0 Å². The Kier molecular flexibility index (Phi) is 4.84. The molecule has 0 fully saturated rings. The van der Waals surface area contributed by atoms with Crippen LogP contribution in [0.2, 0.25) is 0 Å². The van der Waals surface area contributed by atoms with Crippen LogP contribution in [0.4, 0.5) is 4.39 Å². The summed E-state index contributed by atoms with van der Waals surface area (Å²) in [5.41, 5.74) is 9.91. The molecule has 0 heterocycles. The minimum atomic E-state index is -0.291. The normalized spacial score (nSPS) is 12.4. The largest absolute Gasteiger partial charge is 0.323 e. The smallest absolute Gasteiger partial charge is 0.128 e. The van der Waals surface area contributed by atoms with Crippen molar-refractivity contribution in [2.45, 2.75) is 31.7 Å². The predicted octanol–water partition coefficient (Wildman–Crippen LogP) is 4.54. The molecular formula is C17H20FNS. The zero-order valence-electron chi connectivity index (χ0n) is 12.1. The molecule has 0 bridgehead atoms. The van der Waals surface area contributed by atoms with E-state index in [0.29, 0.717) is 11.3 Å². The third kappa shape index (κ3) is 3.41. The van der Waals surface area contributed by atoms with E-state index < -0.39 is 0 Å². The Morgan fingerprint density at radius 2 is 1.80 bits per heavy atom. The molecule has 0 aliphatic heterocycles. The number of hydrogen-bond acceptors (Lipinski definition) is 2. The quantitative estimate of drug-likeness (QED) is 0.836. The predicted molar refractivity (Wildman–Crippen MR) is 84.7 cm³/mol. The molecule has 2 rings (SSSR count). The lowest BCUT2D eigenvalue weighted by molar-refractivity contribution is 0.591. The summed E-state index contributed by atoms with van der Waals surface area (Å²) in [5, 5.41) is 0. The van der Waals surface area contributed by atoms with Crippen LogP contribution in [0, 0.1) is 26.6 Å². The topological polar surface area (TPSA) is 26.0 Å². The molecule has 2 aromatic rings. The van der Waals surface area contributed by atoms with E-state index in [1.165, 1.54) is 10.5 Å². The molecular weight excluding hydrogens is 269 g/mol. The van der Waals surface area contributed by atoms with E-state index in [1.807, 2.05) is 32.0 Å². The Labute approximate surface area is 124 Å². The zero-order chi connectivity index (χ0) is 14.7. The van der Waals surface area contributed by atoms with Crippen LogP contribution in [0.25, 0.3) is 0 Å². The molecule has 0 aromatic heterocycles. The number of nitrogens with two attached hydrogens (primary N) is 1. The lowest BCUT2D eigenvalue weighted by atomic mass is 10.00. The van der Waals surface area contributed by atoms with Crippen LogP contribution < -0.4 is 5.73 Å². The zero-order valence-corrected chi connectivity index (χ0v) is 12.9. The van der Waals surface area contributed by atoms with Crippen molar-refractivity contribution in [2.24, 2.45) is 5.73 Å². The average Bonchev–Trinajstić information content (AvgIpc) is 2.36. The van der Waals surface area contributed by atoms with Crippen molar-refractivity contribution in [3.8, 4) is 0 Å². The van der Waals surface area contributed by atoms with Gasteiger partial charge in [0.05, 0.1) is 0 Å². The number of benzene rings is 2. The van der Waals surface area contributed by atoms with Crippen molar-refractivity contribution in [1.29, 1.82) is 0 Å². The monoisotopic (exact) mass is 289 g/mol. The van der Waals surface area contributed by atoms with Gasteiger partial charge in [-0.2, -0.15) is 0 Å². The molecule has 1 nitrogen and oxygen atoms in total. The Hall–Kier alpha value is -1.32. The van der Waals surface area contributed by atoms with Gasteiger partial charge in [-0.25, -0.2) is 4.39 Å². The van der Waals surface area contributed by atoms with Gasteiger partial charge in [0.1, 0.15) is 5.82 Å². The minimum Gasteiger partial charge on any atom is -0.323 e. The van der Waals surface area contributed by atoms with Gasteiger partial charge in [-0.3, -0.25) is 0 Å². The average molecular weight is 289 g/mol. The summed E-state index contributed by atoms with van der Waals surface area (Å²) >= 11 is 1.68. The van der Waals surface area contributed by atoms with Crippen molar-refractivity contribution < 1.29 is 4.39 Å². The Morgan fingerprint density at radius 3 is 2.45 bits per heavy atom. The first-order chi connectivity index (χ1) is 9.49. The third-order valence-electron chi connectivity index (χ3n) is 3.36. The fourth-order valence-electron chi connectivity index (χ4n) is 2.38. The molecule has 0 saturated carbocycles. The van der Waals surface area contributed by atoms with Gasteiger partial charge in [0.25, 0.3) is 0 Å². The molecule has 2 N–H and O–H groups in total. The van der Waals surface area contributed by atoms with Crippen LogP contribution in [0.15, 0.2) is 41.3 Å². The Bertz CT molecular complexity index is 587. The van der Waals surface area contributed by atoms with E-state index in [-0.39, 0.29) is 11.9 Å². The first-order valence-corrected chi connectivity index (χ1v) is 7.68. The molecule has 0 radical (unpaired) electrons. The maximum absolute atomic E-state index is 14.1. The lowest BCUT2D eigenvalue weighted by Crippen LogP contribution is -2.16. The van der Waals surface area contributed by atoms with Gasteiger partial charge in [-0.1, -0.05) is 24.3 Å². The fraction of sp³-hybridized carbons (Fsp3) is 0.294. The lowest BCUT2D eigenvalue weighted by Gasteiger charge is -2.16. The van der Waals surface area contributed by atoms with Crippen molar-refractivity contribution in [3.05, 3.63) is 64.5 Å². The summed E-state index contributed by atoms with van der Waals surface area (Å²) in [6.07, 6.45) is 0. The van der Waals surface area contributed by atoms with Crippen LogP contribution in [0.3, 0.4) is 0 Å². The highest BCUT2D eigenvalue weighted by Crippen LogP contribution is 2.29. The number of rotatable bonds is 4. The molecule has 20 heavy (non-hydrogen) atoms. The van der Waals surface area contributed by atoms with E-state index in [0.717, 1.165) is 11.1 Å². The van der Waals surface area contributed by atoms with Gasteiger partial charge in [-0.15, -0.1) is 11.8 Å². The van der Waals surface area contributed by atoms with Gasteiger partial charge in [0, 0.05) is 22.3 Å². The SMILES string of the molecule is Cc1cc(C)c(C(N)CSc2ccccc2C)c(F)c1. The van der Waals surface area contributed by atoms with Crippen molar-refractivity contribution >= 4 is 11.8 Å². The summed E-state index contributed by atoms with van der Waals surface area (Å²) < 4.78 is 14.1. The minimum absolute atomic E-state index is 0.194. The molecule has 0 spiro atoms. The van der Waals surface area contributed by atoms with Crippen molar-refractivity contribution in [3.63, 3.8) is 0 Å². The highest BCUT2D eigenvalue weighted by atomic mass is 32.2. The summed E-state index contributed by atoms with van der Waals surface area (Å²) in [6, 6.07) is 11.4. The summed E-state index contributed by atoms with van der Waals surface area (Å²) in [5.74, 6) is 0.478. The Morgan fingerprint density at radius 1 is 1.10 bits per heavy atom. The van der Waals surface area contributed by atoms with Gasteiger partial charge in [0.15, 0.2) is 0 Å². The van der Waals surface area contributed by atoms with Gasteiger partial charge in [-0.05, 0) is 49.6 Å². The fourth-order valence-corrected chi connectivity index (χ4v) is 3.37. The summed E-state index contributed by atoms with van der Waals surface area (Å²) in [6.45, 7) is 5.89. The second-order valence-corrected chi connectivity index (χ2v) is 6.22. The second-order valence-electron chi connectivity index (χ2n) is 5.16. The first-order valence-electron chi connectivity index (χ1n) is 6.69. The highest BCUT2D eigenvalue weighted by Gasteiger charge is 2.15. The summed E-state index contributed by atoms with van der Waals surface area (Å²) in [4.78, 5) is 1.20. The van der Waals surface area contributed by atoms with E-state index in [9.17, 15) is 4.39 Å². The van der Waals surface area contributed by atoms with Crippen LogP contribution in [-0.2, 0) is 0 Å². The molecule has 1 atom stereocenters. The maximum Gasteiger partial charge on any atom is 0.128 e. The molecule has 0 aliphatic rings. The molecule has 106 valence electrons. The molecule has 3 heteroatoms.